The lowest BCUT2D eigenvalue weighted by Crippen LogP contribution is -2.03. The molecule has 0 aromatic carbocycles. The van der Waals surface area contributed by atoms with Crippen molar-refractivity contribution >= 4 is 35.9 Å². The number of H-pyrrole nitrogens is 1. The number of rotatable bonds is 5. The lowest BCUT2D eigenvalue weighted by molar-refractivity contribution is 0.0683. The molecule has 0 amide bonds. The molecule has 0 aliphatic rings. The van der Waals surface area contributed by atoms with Crippen LogP contribution in [0.5, 0.6) is 0 Å². The fourth-order valence-corrected chi connectivity index (χ4v) is 2.69. The standard InChI is InChI=1S/C10H13NO2S.C6H5NO2S/c1-3-7(2)14-9-8(10(12)13)5-4-6-11-9;8-6(9)4-2-1-3-7-5(4)10/h4-7H,3H2,1-2H3,(H,12,13);1-3H,(H,7,10)(H,8,9). The summed E-state index contributed by atoms with van der Waals surface area (Å²) in [6.07, 6.45) is 4.21. The Morgan fingerprint density at radius 2 is 1.88 bits per heavy atom. The normalized spacial score (nSPS) is 11.1. The average Bonchev–Trinajstić information content (AvgIpc) is 2.55. The maximum absolute atomic E-state index is 10.8. The Kier molecular flexibility index (Phi) is 8.14. The predicted octanol–water partition coefficient (Wildman–Crippen LogP) is 4.11. The second-order valence-electron chi connectivity index (χ2n) is 4.72. The number of nitrogens with one attached hydrogen (secondary N) is 1. The van der Waals surface area contributed by atoms with Crippen molar-refractivity contribution in [2.24, 2.45) is 0 Å². The number of aromatic carboxylic acids is 2. The summed E-state index contributed by atoms with van der Waals surface area (Å²) in [6.45, 7) is 4.13. The Balaban J connectivity index is 0.000000254. The highest BCUT2D eigenvalue weighted by Crippen LogP contribution is 2.25. The van der Waals surface area contributed by atoms with Gasteiger partial charge < -0.3 is 15.2 Å². The molecule has 0 saturated carbocycles. The molecular weight excluding hydrogens is 348 g/mol. The molecule has 0 aliphatic heterocycles. The van der Waals surface area contributed by atoms with Gasteiger partial charge in [0.2, 0.25) is 0 Å². The van der Waals surface area contributed by atoms with Crippen LogP contribution in [-0.4, -0.2) is 37.4 Å². The van der Waals surface area contributed by atoms with E-state index >= 15 is 0 Å². The summed E-state index contributed by atoms with van der Waals surface area (Å²) < 4.78 is 0.259. The van der Waals surface area contributed by atoms with Crippen LogP contribution in [0, 0.1) is 4.64 Å². The topological polar surface area (TPSA) is 103 Å². The minimum atomic E-state index is -0.998. The van der Waals surface area contributed by atoms with Gasteiger partial charge in [0.15, 0.2) is 0 Å². The first-order chi connectivity index (χ1) is 11.4. The van der Waals surface area contributed by atoms with Crippen LogP contribution >= 0.6 is 24.0 Å². The number of aromatic amines is 1. The van der Waals surface area contributed by atoms with Gasteiger partial charge in [0.25, 0.3) is 0 Å². The van der Waals surface area contributed by atoms with Crippen molar-refractivity contribution in [3.63, 3.8) is 0 Å². The summed E-state index contributed by atoms with van der Waals surface area (Å²) in [6, 6.07) is 6.28. The number of hydrogen-bond donors (Lipinski definition) is 3. The van der Waals surface area contributed by atoms with Crippen LogP contribution in [0.3, 0.4) is 0 Å². The molecule has 0 saturated heterocycles. The zero-order valence-electron chi connectivity index (χ0n) is 13.2. The van der Waals surface area contributed by atoms with E-state index in [0.717, 1.165) is 6.42 Å². The van der Waals surface area contributed by atoms with Crippen LogP contribution in [0.1, 0.15) is 41.0 Å². The molecule has 0 spiro atoms. The Bertz CT molecular complexity index is 761. The van der Waals surface area contributed by atoms with E-state index < -0.39 is 11.9 Å². The number of carbonyl (C=O) groups is 2. The molecule has 24 heavy (non-hydrogen) atoms. The first-order valence-corrected chi connectivity index (χ1v) is 8.41. The summed E-state index contributed by atoms with van der Waals surface area (Å²) in [7, 11) is 0. The van der Waals surface area contributed by atoms with Crippen LogP contribution in [0.2, 0.25) is 0 Å². The number of pyridine rings is 2. The molecule has 0 radical (unpaired) electrons. The van der Waals surface area contributed by atoms with E-state index in [0.29, 0.717) is 10.3 Å². The van der Waals surface area contributed by atoms with E-state index in [-0.39, 0.29) is 15.8 Å². The summed E-state index contributed by atoms with van der Waals surface area (Å²) in [4.78, 5) is 27.9. The number of aromatic nitrogens is 2. The van der Waals surface area contributed by atoms with Crippen molar-refractivity contribution < 1.29 is 19.8 Å². The van der Waals surface area contributed by atoms with Crippen LogP contribution in [0.15, 0.2) is 41.7 Å². The van der Waals surface area contributed by atoms with E-state index in [1.54, 1.807) is 30.6 Å². The molecule has 0 aliphatic carbocycles. The van der Waals surface area contributed by atoms with Gasteiger partial charge in [0, 0.05) is 17.6 Å². The predicted molar refractivity (Wildman–Crippen MR) is 95.4 cm³/mol. The van der Waals surface area contributed by atoms with Gasteiger partial charge in [0.05, 0.1) is 11.1 Å². The molecule has 2 aromatic heterocycles. The lowest BCUT2D eigenvalue weighted by atomic mass is 10.3. The second kappa shape index (κ2) is 9.84. The van der Waals surface area contributed by atoms with E-state index in [9.17, 15) is 9.59 Å². The highest BCUT2D eigenvalue weighted by Gasteiger charge is 2.12. The molecule has 0 fully saturated rings. The van der Waals surface area contributed by atoms with Gasteiger partial charge in [-0.2, -0.15) is 0 Å². The third kappa shape index (κ3) is 6.13. The first-order valence-electron chi connectivity index (χ1n) is 7.12. The van der Waals surface area contributed by atoms with Crippen molar-refractivity contribution in [2.75, 3.05) is 0 Å². The smallest absolute Gasteiger partial charge is 0.338 e. The average molecular weight is 366 g/mol. The fraction of sp³-hybridized carbons (Fsp3) is 0.250. The minimum absolute atomic E-state index is 0.137. The highest BCUT2D eigenvalue weighted by atomic mass is 32.2. The largest absolute Gasteiger partial charge is 0.478 e. The van der Waals surface area contributed by atoms with Gasteiger partial charge in [-0.25, -0.2) is 14.6 Å². The van der Waals surface area contributed by atoms with Gasteiger partial charge in [-0.05, 0) is 30.7 Å². The number of thioether (sulfide) groups is 1. The Hall–Kier alpha value is -2.19. The maximum atomic E-state index is 10.8. The van der Waals surface area contributed by atoms with Crippen LogP contribution < -0.4 is 0 Å². The summed E-state index contributed by atoms with van der Waals surface area (Å²) in [5.41, 5.74) is 0.426. The third-order valence-electron chi connectivity index (χ3n) is 2.94. The van der Waals surface area contributed by atoms with Crippen LogP contribution in [0.4, 0.5) is 0 Å². The Morgan fingerprint density at radius 3 is 2.38 bits per heavy atom. The highest BCUT2D eigenvalue weighted by molar-refractivity contribution is 7.99. The number of hydrogen-bond acceptors (Lipinski definition) is 5. The van der Waals surface area contributed by atoms with E-state index in [1.165, 1.54) is 17.8 Å². The molecule has 1 atom stereocenters. The van der Waals surface area contributed by atoms with Gasteiger partial charge in [0.1, 0.15) is 9.67 Å². The van der Waals surface area contributed by atoms with Crippen molar-refractivity contribution in [1.29, 1.82) is 0 Å². The van der Waals surface area contributed by atoms with Crippen LogP contribution in [-0.2, 0) is 0 Å². The first kappa shape index (κ1) is 19.9. The quantitative estimate of drug-likeness (QED) is 0.540. The number of carboxylic acid groups (broad SMARTS) is 2. The van der Waals surface area contributed by atoms with Crippen molar-refractivity contribution in [3.05, 3.63) is 52.4 Å². The van der Waals surface area contributed by atoms with Gasteiger partial charge in [-0.1, -0.05) is 26.1 Å². The van der Waals surface area contributed by atoms with Gasteiger partial charge in [-0.3, -0.25) is 0 Å². The summed E-state index contributed by atoms with van der Waals surface area (Å²) in [5, 5.41) is 18.4. The third-order valence-corrected chi connectivity index (χ3v) is 4.56. The van der Waals surface area contributed by atoms with Gasteiger partial charge >= 0.3 is 11.9 Å². The van der Waals surface area contributed by atoms with Crippen molar-refractivity contribution in [3.8, 4) is 0 Å². The Labute approximate surface area is 149 Å². The molecule has 0 bridgehead atoms. The lowest BCUT2D eigenvalue weighted by Gasteiger charge is -2.08. The van der Waals surface area contributed by atoms with Crippen molar-refractivity contribution in [2.45, 2.75) is 30.5 Å². The minimum Gasteiger partial charge on any atom is -0.478 e. The zero-order chi connectivity index (χ0) is 18.1. The van der Waals surface area contributed by atoms with E-state index in [1.807, 2.05) is 0 Å². The van der Waals surface area contributed by atoms with Crippen LogP contribution in [0.25, 0.3) is 0 Å². The molecule has 2 heterocycles. The molecule has 2 rings (SSSR count). The molecule has 1 unspecified atom stereocenters. The van der Waals surface area contributed by atoms with Crippen molar-refractivity contribution in [1.82, 2.24) is 9.97 Å². The SMILES string of the molecule is CCC(C)Sc1ncccc1C(=O)O.O=C(O)c1ccc[nH]c1=S. The van der Waals surface area contributed by atoms with E-state index in [4.69, 9.17) is 22.4 Å². The Morgan fingerprint density at radius 1 is 1.25 bits per heavy atom. The zero-order valence-corrected chi connectivity index (χ0v) is 14.9. The second-order valence-corrected chi connectivity index (χ2v) is 6.55. The molecule has 2 aromatic rings. The van der Waals surface area contributed by atoms with E-state index in [2.05, 4.69) is 23.8 Å². The molecular formula is C16H18N2O4S2. The number of nitrogens with zero attached hydrogens (tertiary/aromatic N) is 1. The number of carboxylic acids is 2. The molecule has 128 valence electrons. The molecule has 3 N–H and O–H groups in total. The maximum Gasteiger partial charge on any atom is 0.338 e. The molecule has 8 heteroatoms. The monoisotopic (exact) mass is 366 g/mol. The van der Waals surface area contributed by atoms with Gasteiger partial charge in [-0.15, -0.1) is 11.8 Å². The molecule has 6 nitrogen and oxygen atoms in total. The summed E-state index contributed by atoms with van der Waals surface area (Å²) in [5.74, 6) is -1.91. The summed E-state index contributed by atoms with van der Waals surface area (Å²) >= 11 is 6.20. The fourth-order valence-electron chi connectivity index (χ4n) is 1.51.